The maximum atomic E-state index is 10.7. The van der Waals surface area contributed by atoms with E-state index in [1.54, 1.807) is 0 Å². The molecular weight excluding hydrogens is 404 g/mol. The van der Waals surface area contributed by atoms with Gasteiger partial charge in [0.1, 0.15) is 0 Å². The third-order valence-electron chi connectivity index (χ3n) is 3.53. The van der Waals surface area contributed by atoms with Crippen molar-refractivity contribution in [3.8, 4) is 0 Å². The van der Waals surface area contributed by atoms with E-state index in [4.69, 9.17) is 28.4 Å². The normalized spacial score (nSPS) is 11.9. The molecule has 0 aliphatic rings. The third-order valence-corrected chi connectivity index (χ3v) is 4.12. The highest BCUT2D eigenvalue weighted by molar-refractivity contribution is 7.85. The maximum Gasteiger partial charge on any atom is 0.264 e. The lowest BCUT2D eigenvalue weighted by Crippen LogP contribution is -2.15. The van der Waals surface area contributed by atoms with E-state index in [2.05, 4.69) is 11.1 Å². The fourth-order valence-corrected chi connectivity index (χ4v) is 2.45. The second-order valence-corrected chi connectivity index (χ2v) is 7.90. The van der Waals surface area contributed by atoms with Crippen LogP contribution in [-0.4, -0.2) is 101 Å². The first-order chi connectivity index (χ1) is 14.1. The molecule has 0 N–H and O–H groups in total. The molecule has 176 valence electrons. The first kappa shape index (κ1) is 28.7. The highest BCUT2D eigenvalue weighted by Crippen LogP contribution is 1.98. The molecule has 0 aliphatic carbocycles. The highest BCUT2D eigenvalue weighted by Gasteiger charge is 2.00. The SMILES string of the molecule is CCCCCCOCCOCCOCCOCCOCCOCCOS(C)(=O)=O. The van der Waals surface area contributed by atoms with E-state index < -0.39 is 10.1 Å². The summed E-state index contributed by atoms with van der Waals surface area (Å²) < 4.78 is 58.1. The van der Waals surface area contributed by atoms with E-state index in [0.717, 1.165) is 19.3 Å². The second kappa shape index (κ2) is 22.4. The van der Waals surface area contributed by atoms with Crippen molar-refractivity contribution in [2.45, 2.75) is 32.6 Å². The van der Waals surface area contributed by atoms with Crippen molar-refractivity contribution in [2.24, 2.45) is 0 Å². The van der Waals surface area contributed by atoms with Gasteiger partial charge in [0.15, 0.2) is 0 Å². The quantitative estimate of drug-likeness (QED) is 0.162. The minimum atomic E-state index is -3.40. The summed E-state index contributed by atoms with van der Waals surface area (Å²) in [4.78, 5) is 0. The molecule has 0 bridgehead atoms. The minimum absolute atomic E-state index is 0.0138. The molecule has 0 heterocycles. The number of ether oxygens (including phenoxy) is 6. The smallest absolute Gasteiger partial charge is 0.264 e. The first-order valence-corrected chi connectivity index (χ1v) is 12.2. The Kier molecular flexibility index (Phi) is 22.1. The van der Waals surface area contributed by atoms with Gasteiger partial charge in [0.05, 0.1) is 85.5 Å². The van der Waals surface area contributed by atoms with Crippen LogP contribution >= 0.6 is 0 Å². The van der Waals surface area contributed by atoms with Crippen LogP contribution in [0, 0.1) is 0 Å². The molecule has 0 aliphatic heterocycles. The summed E-state index contributed by atoms with van der Waals surface area (Å²) in [6.07, 6.45) is 5.88. The van der Waals surface area contributed by atoms with Crippen LogP contribution in [0.4, 0.5) is 0 Å². The van der Waals surface area contributed by atoms with Crippen molar-refractivity contribution >= 4 is 10.1 Å². The van der Waals surface area contributed by atoms with Gasteiger partial charge in [-0.2, -0.15) is 8.42 Å². The predicted octanol–water partition coefficient (Wildman–Crippen LogP) is 1.64. The number of hydrogen-bond donors (Lipinski definition) is 0. The van der Waals surface area contributed by atoms with E-state index in [1.165, 1.54) is 19.3 Å². The Morgan fingerprint density at radius 3 is 1.17 bits per heavy atom. The molecule has 0 amide bonds. The number of rotatable bonds is 24. The van der Waals surface area contributed by atoms with Crippen LogP contribution in [0.2, 0.25) is 0 Å². The summed E-state index contributed by atoms with van der Waals surface area (Å²) in [5, 5.41) is 0. The maximum absolute atomic E-state index is 10.7. The topological polar surface area (TPSA) is 98.8 Å². The largest absolute Gasteiger partial charge is 0.379 e. The lowest BCUT2D eigenvalue weighted by molar-refractivity contribution is -0.0178. The van der Waals surface area contributed by atoms with Gasteiger partial charge >= 0.3 is 0 Å². The van der Waals surface area contributed by atoms with E-state index >= 15 is 0 Å². The van der Waals surface area contributed by atoms with Crippen LogP contribution in [-0.2, 0) is 42.7 Å². The van der Waals surface area contributed by atoms with Crippen LogP contribution in [0.25, 0.3) is 0 Å². The summed E-state index contributed by atoms with van der Waals surface area (Å²) >= 11 is 0. The van der Waals surface area contributed by atoms with E-state index in [1.807, 2.05) is 0 Å². The zero-order chi connectivity index (χ0) is 21.5. The average Bonchev–Trinajstić information content (AvgIpc) is 2.67. The molecule has 0 rings (SSSR count). The lowest BCUT2D eigenvalue weighted by Gasteiger charge is -2.08. The Labute approximate surface area is 176 Å². The molecule has 9 nitrogen and oxygen atoms in total. The van der Waals surface area contributed by atoms with Crippen molar-refractivity contribution in [3.05, 3.63) is 0 Å². The first-order valence-electron chi connectivity index (χ1n) is 10.4. The molecule has 0 spiro atoms. The van der Waals surface area contributed by atoms with Gasteiger partial charge in [-0.15, -0.1) is 0 Å². The fraction of sp³-hybridized carbons (Fsp3) is 1.00. The zero-order valence-electron chi connectivity index (χ0n) is 18.1. The van der Waals surface area contributed by atoms with Gasteiger partial charge in [0.25, 0.3) is 10.1 Å². The fourth-order valence-electron chi connectivity index (χ4n) is 2.08. The van der Waals surface area contributed by atoms with Crippen LogP contribution in [0.1, 0.15) is 32.6 Å². The molecule has 0 aromatic heterocycles. The monoisotopic (exact) mass is 444 g/mol. The van der Waals surface area contributed by atoms with Gasteiger partial charge < -0.3 is 28.4 Å². The van der Waals surface area contributed by atoms with E-state index in [9.17, 15) is 8.42 Å². The summed E-state index contributed by atoms with van der Waals surface area (Å²) in [7, 11) is -3.40. The van der Waals surface area contributed by atoms with Crippen molar-refractivity contribution in [1.82, 2.24) is 0 Å². The van der Waals surface area contributed by atoms with Crippen molar-refractivity contribution < 1.29 is 41.0 Å². The Morgan fingerprint density at radius 1 is 0.483 bits per heavy atom. The molecule has 0 radical (unpaired) electrons. The van der Waals surface area contributed by atoms with Crippen LogP contribution in [0.5, 0.6) is 0 Å². The number of unbranched alkanes of at least 4 members (excludes halogenated alkanes) is 3. The summed E-state index contributed by atoms with van der Waals surface area (Å²) in [5.74, 6) is 0. The van der Waals surface area contributed by atoms with Crippen LogP contribution in [0.15, 0.2) is 0 Å². The van der Waals surface area contributed by atoms with Gasteiger partial charge in [0.2, 0.25) is 0 Å². The van der Waals surface area contributed by atoms with Gasteiger partial charge in [-0.1, -0.05) is 26.2 Å². The van der Waals surface area contributed by atoms with Gasteiger partial charge in [-0.25, -0.2) is 0 Å². The van der Waals surface area contributed by atoms with Crippen LogP contribution in [0.3, 0.4) is 0 Å². The van der Waals surface area contributed by atoms with Gasteiger partial charge in [-0.3, -0.25) is 4.18 Å². The summed E-state index contributed by atoms with van der Waals surface area (Å²) in [6, 6.07) is 0. The number of hydrogen-bond acceptors (Lipinski definition) is 9. The predicted molar refractivity (Wildman–Crippen MR) is 110 cm³/mol. The molecular formula is C19H40O9S. The van der Waals surface area contributed by atoms with Crippen molar-refractivity contribution in [3.63, 3.8) is 0 Å². The summed E-state index contributed by atoms with van der Waals surface area (Å²) in [6.45, 7) is 8.31. The van der Waals surface area contributed by atoms with Crippen molar-refractivity contribution in [1.29, 1.82) is 0 Å². The lowest BCUT2D eigenvalue weighted by atomic mass is 10.2. The molecule has 0 aromatic rings. The molecule has 0 saturated heterocycles. The molecule has 0 unspecified atom stereocenters. The molecule has 0 fully saturated rings. The Bertz CT molecular complexity index is 418. The van der Waals surface area contributed by atoms with Gasteiger partial charge in [0, 0.05) is 6.61 Å². The standard InChI is InChI=1S/C19H40O9S/c1-3-4-5-6-7-22-8-9-23-10-11-24-12-13-25-14-15-26-16-17-27-18-19-28-29(2,20)21/h3-19H2,1-2H3. The summed E-state index contributed by atoms with van der Waals surface area (Å²) in [5.41, 5.74) is 0. The van der Waals surface area contributed by atoms with Gasteiger partial charge in [-0.05, 0) is 6.42 Å². The highest BCUT2D eigenvalue weighted by atomic mass is 32.2. The molecule has 0 saturated carbocycles. The molecule has 10 heteroatoms. The molecule has 0 atom stereocenters. The Hall–Kier alpha value is -0.330. The molecule has 29 heavy (non-hydrogen) atoms. The minimum Gasteiger partial charge on any atom is -0.379 e. The average molecular weight is 445 g/mol. The molecule has 0 aromatic carbocycles. The third kappa shape index (κ3) is 27.7. The Morgan fingerprint density at radius 2 is 0.828 bits per heavy atom. The Balaban J connectivity index is 3.03. The van der Waals surface area contributed by atoms with Crippen LogP contribution < -0.4 is 0 Å². The van der Waals surface area contributed by atoms with E-state index in [-0.39, 0.29) is 13.2 Å². The van der Waals surface area contributed by atoms with Crippen molar-refractivity contribution in [2.75, 3.05) is 92.1 Å². The van der Waals surface area contributed by atoms with E-state index in [0.29, 0.717) is 66.1 Å². The second-order valence-electron chi connectivity index (χ2n) is 6.26. The zero-order valence-corrected chi connectivity index (χ0v) is 18.9.